The number of hydrogen-bond donors (Lipinski definition) is 0. The highest BCUT2D eigenvalue weighted by Gasteiger charge is 2.19. The Morgan fingerprint density at radius 2 is 0.677 bits per heavy atom. The molecule has 0 aliphatic rings. The number of unbranched alkanes of at least 4 members (excludes halogenated alkanes) is 22. The Hall–Kier alpha value is -3.93. The molecule has 1 atom stereocenters. The van der Waals surface area contributed by atoms with Gasteiger partial charge in [0, 0.05) is 19.3 Å². The van der Waals surface area contributed by atoms with Gasteiger partial charge < -0.3 is 14.2 Å². The second-order valence-electron chi connectivity index (χ2n) is 17.2. The van der Waals surface area contributed by atoms with Gasteiger partial charge in [0.1, 0.15) is 13.2 Å². The van der Waals surface area contributed by atoms with E-state index in [0.717, 1.165) is 83.5 Å². The predicted octanol–water partition coefficient (Wildman–Crippen LogP) is 17.5. The summed E-state index contributed by atoms with van der Waals surface area (Å²) < 4.78 is 16.7. The van der Waals surface area contributed by atoms with E-state index in [4.69, 9.17) is 14.2 Å². The molecular weight excluding hydrogens is 805 g/mol. The predicted molar refractivity (Wildman–Crippen MR) is 279 cm³/mol. The number of allylic oxidation sites excluding steroid dienone is 18. The maximum atomic E-state index is 12.8. The van der Waals surface area contributed by atoms with Crippen LogP contribution in [-0.4, -0.2) is 37.2 Å². The lowest BCUT2D eigenvalue weighted by molar-refractivity contribution is -0.167. The summed E-state index contributed by atoms with van der Waals surface area (Å²) >= 11 is 0. The van der Waals surface area contributed by atoms with Crippen LogP contribution in [0.2, 0.25) is 0 Å². The quantitative estimate of drug-likeness (QED) is 0.0199. The first-order valence-electron chi connectivity index (χ1n) is 26.5. The largest absolute Gasteiger partial charge is 0.462 e. The molecular formula is C59H96O6. The molecule has 0 N–H and O–H groups in total. The van der Waals surface area contributed by atoms with Gasteiger partial charge in [0.2, 0.25) is 0 Å². The summed E-state index contributed by atoms with van der Waals surface area (Å²) in [6.07, 6.45) is 70.8. The molecule has 0 spiro atoms. The highest BCUT2D eigenvalue weighted by Crippen LogP contribution is 2.15. The zero-order chi connectivity index (χ0) is 47.2. The van der Waals surface area contributed by atoms with Gasteiger partial charge in [-0.05, 0) is 70.6 Å². The van der Waals surface area contributed by atoms with E-state index in [1.54, 1.807) is 0 Å². The summed E-state index contributed by atoms with van der Waals surface area (Å²) in [7, 11) is 0. The van der Waals surface area contributed by atoms with Crippen molar-refractivity contribution in [2.45, 2.75) is 232 Å². The molecule has 65 heavy (non-hydrogen) atoms. The van der Waals surface area contributed by atoms with E-state index in [2.05, 4.69) is 69.4 Å². The SMILES string of the molecule is CC\C=C/C=C\C=C/C=C\C=C\C=C/CCCCCC(=O)OC(COC(=O)CCCC/C=C\C/C=C\C/C=C\CC)COC(=O)CCCCCCCCCCCCCCCCCCCC. The van der Waals surface area contributed by atoms with Crippen molar-refractivity contribution in [2.75, 3.05) is 13.2 Å². The molecule has 0 heterocycles. The summed E-state index contributed by atoms with van der Waals surface area (Å²) in [5, 5.41) is 0. The van der Waals surface area contributed by atoms with Crippen LogP contribution in [0.25, 0.3) is 0 Å². The van der Waals surface area contributed by atoms with Crippen LogP contribution in [0.15, 0.2) is 109 Å². The second-order valence-corrected chi connectivity index (χ2v) is 17.2. The number of carbonyl (C=O) groups excluding carboxylic acids is 3. The lowest BCUT2D eigenvalue weighted by Gasteiger charge is -2.18. The fraction of sp³-hybridized carbons (Fsp3) is 0.644. The third kappa shape index (κ3) is 50.9. The van der Waals surface area contributed by atoms with E-state index in [9.17, 15) is 14.4 Å². The molecule has 0 aromatic carbocycles. The lowest BCUT2D eigenvalue weighted by Crippen LogP contribution is -2.30. The Bertz CT molecular complexity index is 1360. The van der Waals surface area contributed by atoms with E-state index in [1.165, 1.54) is 96.3 Å². The molecule has 0 saturated heterocycles. The van der Waals surface area contributed by atoms with Crippen LogP contribution in [0.1, 0.15) is 226 Å². The Morgan fingerprint density at radius 3 is 1.15 bits per heavy atom. The highest BCUT2D eigenvalue weighted by molar-refractivity contribution is 5.71. The Morgan fingerprint density at radius 1 is 0.338 bits per heavy atom. The number of hydrogen-bond acceptors (Lipinski definition) is 6. The summed E-state index contributed by atoms with van der Waals surface area (Å²) in [6, 6.07) is 0. The minimum Gasteiger partial charge on any atom is -0.462 e. The van der Waals surface area contributed by atoms with Gasteiger partial charge in [-0.3, -0.25) is 14.4 Å². The van der Waals surface area contributed by atoms with Crippen molar-refractivity contribution < 1.29 is 28.6 Å². The monoisotopic (exact) mass is 901 g/mol. The normalized spacial score (nSPS) is 13.0. The van der Waals surface area contributed by atoms with Gasteiger partial charge in [0.15, 0.2) is 6.10 Å². The number of ether oxygens (including phenoxy) is 3. The van der Waals surface area contributed by atoms with E-state index in [1.807, 2.05) is 60.8 Å². The van der Waals surface area contributed by atoms with E-state index >= 15 is 0 Å². The molecule has 0 saturated carbocycles. The summed E-state index contributed by atoms with van der Waals surface area (Å²) in [4.78, 5) is 38.0. The third-order valence-electron chi connectivity index (χ3n) is 10.9. The van der Waals surface area contributed by atoms with E-state index < -0.39 is 6.10 Å². The average molecular weight is 901 g/mol. The van der Waals surface area contributed by atoms with Crippen molar-refractivity contribution in [2.24, 2.45) is 0 Å². The Balaban J connectivity index is 4.49. The standard InChI is InChI=1S/C59H96O6/c1-4-7-10-13-16-19-22-25-27-29-31-32-34-37-40-43-46-49-52-58(61)64-55-56(54-63-57(60)51-48-45-42-39-36-24-21-18-15-12-9-6-3)65-59(62)53-50-47-44-41-38-35-33-30-28-26-23-20-17-14-11-8-5-2/h8-9,11-12,14,17-18,20-21,23,26,28,30,33,35-36,38-39,56H,4-7,10,13,15-16,19,22,24-25,27,29,31-32,34,37,40-55H2,1-3H3/b11-8-,12-9-,17-14-,21-18-,23-20-,28-26-,33-30+,38-35-,39-36-. The van der Waals surface area contributed by atoms with Crippen molar-refractivity contribution >= 4 is 17.9 Å². The van der Waals surface area contributed by atoms with Crippen LogP contribution in [0.4, 0.5) is 0 Å². The lowest BCUT2D eigenvalue weighted by atomic mass is 10.0. The molecule has 0 radical (unpaired) electrons. The van der Waals surface area contributed by atoms with Crippen molar-refractivity contribution in [1.82, 2.24) is 0 Å². The fourth-order valence-electron chi connectivity index (χ4n) is 7.02. The molecule has 0 aromatic heterocycles. The van der Waals surface area contributed by atoms with Crippen molar-refractivity contribution in [3.05, 3.63) is 109 Å². The van der Waals surface area contributed by atoms with Crippen molar-refractivity contribution in [3.63, 3.8) is 0 Å². The van der Waals surface area contributed by atoms with Gasteiger partial charge in [0.25, 0.3) is 0 Å². The molecule has 6 heteroatoms. The molecule has 6 nitrogen and oxygen atoms in total. The average Bonchev–Trinajstić information content (AvgIpc) is 3.30. The van der Waals surface area contributed by atoms with Crippen LogP contribution < -0.4 is 0 Å². The van der Waals surface area contributed by atoms with E-state index in [-0.39, 0.29) is 37.5 Å². The van der Waals surface area contributed by atoms with Crippen LogP contribution in [-0.2, 0) is 28.6 Å². The molecule has 0 aliphatic heterocycles. The van der Waals surface area contributed by atoms with E-state index in [0.29, 0.717) is 19.3 Å². The van der Waals surface area contributed by atoms with Gasteiger partial charge in [-0.2, -0.15) is 0 Å². The number of esters is 3. The smallest absolute Gasteiger partial charge is 0.306 e. The first-order chi connectivity index (χ1) is 32.0. The fourth-order valence-corrected chi connectivity index (χ4v) is 7.02. The molecule has 1 unspecified atom stereocenters. The molecule has 0 fully saturated rings. The Labute approximate surface area is 400 Å². The van der Waals surface area contributed by atoms with Gasteiger partial charge in [-0.15, -0.1) is 0 Å². The third-order valence-corrected chi connectivity index (χ3v) is 10.9. The van der Waals surface area contributed by atoms with Gasteiger partial charge in [-0.25, -0.2) is 0 Å². The second kappa shape index (κ2) is 52.7. The number of carbonyl (C=O) groups is 3. The van der Waals surface area contributed by atoms with Crippen LogP contribution in [0, 0.1) is 0 Å². The highest BCUT2D eigenvalue weighted by atomic mass is 16.6. The zero-order valence-corrected chi connectivity index (χ0v) is 42.0. The summed E-state index contributed by atoms with van der Waals surface area (Å²) in [5.41, 5.74) is 0. The minimum absolute atomic E-state index is 0.109. The van der Waals surface area contributed by atoms with Crippen molar-refractivity contribution in [3.8, 4) is 0 Å². The van der Waals surface area contributed by atoms with Crippen molar-refractivity contribution in [1.29, 1.82) is 0 Å². The zero-order valence-electron chi connectivity index (χ0n) is 42.0. The van der Waals surface area contributed by atoms with Gasteiger partial charge in [-0.1, -0.05) is 246 Å². The van der Waals surface area contributed by atoms with Gasteiger partial charge >= 0.3 is 17.9 Å². The molecule has 0 aliphatic carbocycles. The summed E-state index contributed by atoms with van der Waals surface area (Å²) in [6.45, 7) is 6.30. The first kappa shape index (κ1) is 61.1. The van der Waals surface area contributed by atoms with Gasteiger partial charge in [0.05, 0.1) is 0 Å². The maximum Gasteiger partial charge on any atom is 0.306 e. The van der Waals surface area contributed by atoms with Crippen LogP contribution >= 0.6 is 0 Å². The molecule has 0 amide bonds. The number of rotatable bonds is 46. The molecule has 0 rings (SSSR count). The first-order valence-corrected chi connectivity index (χ1v) is 26.5. The Kier molecular flexibility index (Phi) is 49.5. The van der Waals surface area contributed by atoms with Crippen LogP contribution in [0.5, 0.6) is 0 Å². The summed E-state index contributed by atoms with van der Waals surface area (Å²) in [5.74, 6) is -0.996. The molecule has 368 valence electrons. The minimum atomic E-state index is -0.817. The topological polar surface area (TPSA) is 78.9 Å². The maximum absolute atomic E-state index is 12.8. The molecule has 0 bridgehead atoms. The molecule has 0 aromatic rings. The van der Waals surface area contributed by atoms with Crippen LogP contribution in [0.3, 0.4) is 0 Å².